The van der Waals surface area contributed by atoms with Gasteiger partial charge in [0.25, 0.3) is 0 Å². The van der Waals surface area contributed by atoms with Gasteiger partial charge in [-0.1, -0.05) is 0 Å². The molecule has 0 bridgehead atoms. The monoisotopic (exact) mass is 312 g/mol. The van der Waals surface area contributed by atoms with Gasteiger partial charge in [0.15, 0.2) is 5.76 Å². The van der Waals surface area contributed by atoms with Gasteiger partial charge in [-0.2, -0.15) is 5.10 Å². The summed E-state index contributed by atoms with van der Waals surface area (Å²) < 4.78 is 5.27. The van der Waals surface area contributed by atoms with Crippen LogP contribution in [0.2, 0.25) is 0 Å². The van der Waals surface area contributed by atoms with Crippen molar-refractivity contribution >= 4 is 27.4 Å². The van der Waals surface area contributed by atoms with Gasteiger partial charge in [0.1, 0.15) is 22.8 Å². The van der Waals surface area contributed by atoms with Gasteiger partial charge in [0, 0.05) is 13.0 Å². The molecule has 4 rings (SSSR count). The van der Waals surface area contributed by atoms with Crippen molar-refractivity contribution in [3.63, 3.8) is 0 Å². The fraction of sp³-hybridized carbons (Fsp3) is 0.143. The Morgan fingerprint density at radius 2 is 2.27 bits per heavy atom. The summed E-state index contributed by atoms with van der Waals surface area (Å²) in [6.45, 7) is 0.703. The number of hydrogen-bond acceptors (Lipinski definition) is 7. The first-order valence-corrected chi connectivity index (χ1v) is 7.65. The van der Waals surface area contributed by atoms with Crippen LogP contribution in [0.3, 0.4) is 0 Å². The lowest BCUT2D eigenvalue weighted by atomic mass is 10.3. The third kappa shape index (κ3) is 2.44. The molecular weight excluding hydrogens is 300 g/mol. The molecule has 4 heterocycles. The average Bonchev–Trinajstić information content (AvgIpc) is 3.28. The number of furan rings is 1. The van der Waals surface area contributed by atoms with Crippen molar-refractivity contribution in [3.8, 4) is 11.6 Å². The molecule has 4 aromatic rings. The van der Waals surface area contributed by atoms with Gasteiger partial charge in [-0.25, -0.2) is 15.0 Å². The predicted molar refractivity (Wildman–Crippen MR) is 83.7 cm³/mol. The van der Waals surface area contributed by atoms with Crippen molar-refractivity contribution in [3.05, 3.63) is 42.0 Å². The molecule has 0 amide bonds. The second kappa shape index (κ2) is 5.57. The quantitative estimate of drug-likeness (QED) is 0.588. The molecule has 0 unspecified atom stereocenters. The molecule has 0 fully saturated rings. The molecule has 0 aliphatic heterocycles. The smallest absolute Gasteiger partial charge is 0.216 e. The summed E-state index contributed by atoms with van der Waals surface area (Å²) in [5.41, 5.74) is 0. The van der Waals surface area contributed by atoms with E-state index in [9.17, 15) is 0 Å². The molecule has 0 radical (unpaired) electrons. The highest BCUT2D eigenvalue weighted by Crippen LogP contribution is 2.23. The first kappa shape index (κ1) is 13.0. The lowest BCUT2D eigenvalue weighted by Gasteiger charge is -2.04. The van der Waals surface area contributed by atoms with Crippen molar-refractivity contribution < 1.29 is 4.42 Å². The molecule has 8 heteroatoms. The van der Waals surface area contributed by atoms with Crippen LogP contribution in [-0.4, -0.2) is 31.7 Å². The zero-order valence-electron chi connectivity index (χ0n) is 11.5. The minimum absolute atomic E-state index is 0.572. The van der Waals surface area contributed by atoms with Crippen molar-refractivity contribution in [1.29, 1.82) is 0 Å². The summed E-state index contributed by atoms with van der Waals surface area (Å²) >= 11 is 1.60. The number of aromatic amines is 1. The predicted octanol–water partition coefficient (Wildman–Crippen LogP) is 2.72. The Bertz CT molecular complexity index is 882. The van der Waals surface area contributed by atoms with Crippen LogP contribution < -0.4 is 5.32 Å². The van der Waals surface area contributed by atoms with Crippen LogP contribution in [0.25, 0.3) is 21.8 Å². The summed E-state index contributed by atoms with van der Waals surface area (Å²) in [7, 11) is 0. The van der Waals surface area contributed by atoms with E-state index in [1.807, 2.05) is 23.6 Å². The van der Waals surface area contributed by atoms with Gasteiger partial charge in [0.05, 0.1) is 11.6 Å². The van der Waals surface area contributed by atoms with Gasteiger partial charge in [-0.05, 0) is 23.6 Å². The molecule has 0 saturated heterocycles. The lowest BCUT2D eigenvalue weighted by molar-refractivity contribution is 0.577. The Balaban J connectivity index is 1.42. The van der Waals surface area contributed by atoms with Gasteiger partial charge in [0.2, 0.25) is 5.82 Å². The van der Waals surface area contributed by atoms with Crippen LogP contribution >= 0.6 is 11.3 Å². The molecular formula is C14H12N6OS. The largest absolute Gasteiger partial charge is 0.461 e. The van der Waals surface area contributed by atoms with E-state index in [0.717, 1.165) is 21.9 Å². The molecule has 0 saturated carbocycles. The number of nitrogens with one attached hydrogen (secondary N) is 2. The zero-order chi connectivity index (χ0) is 14.8. The Morgan fingerprint density at radius 3 is 3.18 bits per heavy atom. The average molecular weight is 312 g/mol. The molecule has 0 aromatic carbocycles. The van der Waals surface area contributed by atoms with E-state index >= 15 is 0 Å². The van der Waals surface area contributed by atoms with Crippen LogP contribution in [0.4, 0.5) is 5.82 Å². The summed E-state index contributed by atoms with van der Waals surface area (Å²) in [5.74, 6) is 2.88. The number of rotatable bonds is 5. The molecule has 4 aromatic heterocycles. The second-order valence-corrected chi connectivity index (χ2v) is 5.52. The van der Waals surface area contributed by atoms with E-state index in [2.05, 4.69) is 30.5 Å². The number of thiophene rings is 1. The third-order valence-corrected chi connectivity index (χ3v) is 4.01. The van der Waals surface area contributed by atoms with Crippen LogP contribution in [0.15, 0.2) is 40.6 Å². The highest BCUT2D eigenvalue weighted by molar-refractivity contribution is 7.16. The second-order valence-electron chi connectivity index (χ2n) is 4.62. The number of anilines is 1. The Morgan fingerprint density at radius 1 is 1.27 bits per heavy atom. The van der Waals surface area contributed by atoms with Crippen LogP contribution in [0.5, 0.6) is 0 Å². The van der Waals surface area contributed by atoms with E-state index in [0.29, 0.717) is 24.6 Å². The molecule has 0 aliphatic carbocycles. The summed E-state index contributed by atoms with van der Waals surface area (Å²) in [5, 5.41) is 13.4. The maximum Gasteiger partial charge on any atom is 0.216 e. The number of aromatic nitrogens is 5. The van der Waals surface area contributed by atoms with Crippen LogP contribution in [0, 0.1) is 0 Å². The van der Waals surface area contributed by atoms with Gasteiger partial charge < -0.3 is 9.73 Å². The first-order valence-electron chi connectivity index (χ1n) is 6.77. The van der Waals surface area contributed by atoms with E-state index in [-0.39, 0.29) is 0 Å². The van der Waals surface area contributed by atoms with Crippen molar-refractivity contribution in [2.24, 2.45) is 0 Å². The Labute approximate surface area is 129 Å². The van der Waals surface area contributed by atoms with Gasteiger partial charge in [-0.3, -0.25) is 5.10 Å². The highest BCUT2D eigenvalue weighted by atomic mass is 32.1. The van der Waals surface area contributed by atoms with Crippen molar-refractivity contribution in [2.45, 2.75) is 6.42 Å². The minimum atomic E-state index is 0.572. The fourth-order valence-electron chi connectivity index (χ4n) is 2.15. The Kier molecular flexibility index (Phi) is 3.28. The fourth-order valence-corrected chi connectivity index (χ4v) is 2.89. The highest BCUT2D eigenvalue weighted by Gasteiger charge is 2.08. The van der Waals surface area contributed by atoms with Gasteiger partial charge in [-0.15, -0.1) is 11.3 Å². The van der Waals surface area contributed by atoms with E-state index in [1.54, 1.807) is 23.9 Å². The molecule has 110 valence electrons. The zero-order valence-corrected chi connectivity index (χ0v) is 12.3. The van der Waals surface area contributed by atoms with E-state index < -0.39 is 0 Å². The summed E-state index contributed by atoms with van der Waals surface area (Å²) in [6, 6.07) is 5.67. The van der Waals surface area contributed by atoms with Gasteiger partial charge >= 0.3 is 0 Å². The van der Waals surface area contributed by atoms with E-state index in [4.69, 9.17) is 4.42 Å². The molecule has 2 N–H and O–H groups in total. The standard InChI is InChI=1S/C14H12N6OS/c1-2-10(21-6-1)13-18-11(19-20-13)3-5-15-12-9-4-7-22-14(9)17-8-16-12/h1-2,4,6-8H,3,5H2,(H,15,16,17)(H,18,19,20). The summed E-state index contributed by atoms with van der Waals surface area (Å²) in [6.07, 6.45) is 3.89. The molecule has 0 spiro atoms. The maximum atomic E-state index is 5.27. The molecule has 7 nitrogen and oxygen atoms in total. The maximum absolute atomic E-state index is 5.27. The lowest BCUT2D eigenvalue weighted by Crippen LogP contribution is -2.07. The molecule has 0 aliphatic rings. The normalized spacial score (nSPS) is 11.1. The minimum Gasteiger partial charge on any atom is -0.461 e. The van der Waals surface area contributed by atoms with Crippen molar-refractivity contribution in [1.82, 2.24) is 25.1 Å². The summed E-state index contributed by atoms with van der Waals surface area (Å²) in [4.78, 5) is 13.9. The van der Waals surface area contributed by atoms with E-state index in [1.165, 1.54) is 0 Å². The Hall–Kier alpha value is -2.74. The number of H-pyrrole nitrogens is 1. The van der Waals surface area contributed by atoms with Crippen LogP contribution in [-0.2, 0) is 6.42 Å². The topological polar surface area (TPSA) is 92.5 Å². The number of fused-ring (bicyclic) bond motifs is 1. The molecule has 0 atom stereocenters. The third-order valence-electron chi connectivity index (χ3n) is 3.19. The SMILES string of the molecule is c1coc(-c2n[nH]c(CCNc3ncnc4sccc34)n2)c1. The number of hydrogen-bond donors (Lipinski definition) is 2. The molecule has 22 heavy (non-hydrogen) atoms. The van der Waals surface area contributed by atoms with Crippen LogP contribution in [0.1, 0.15) is 5.82 Å². The van der Waals surface area contributed by atoms with Crippen molar-refractivity contribution in [2.75, 3.05) is 11.9 Å². The first-order chi connectivity index (χ1) is 10.9. The number of nitrogens with zero attached hydrogens (tertiary/aromatic N) is 4.